The number of nitrogens with one attached hydrogen (secondary N) is 1. The molecule has 0 radical (unpaired) electrons. The van der Waals surface area contributed by atoms with Gasteiger partial charge in [-0.25, -0.2) is 4.79 Å². The molecule has 9 nitrogen and oxygen atoms in total. The Balaban J connectivity index is 2.09. The van der Waals surface area contributed by atoms with Crippen LogP contribution in [0, 0.1) is 11.3 Å². The number of hydrogen-bond acceptors (Lipinski definition) is 9. The lowest BCUT2D eigenvalue weighted by molar-refractivity contribution is -0.135. The van der Waals surface area contributed by atoms with Crippen molar-refractivity contribution >= 4 is 35.0 Å². The fourth-order valence-corrected chi connectivity index (χ4v) is 2.63. The minimum atomic E-state index is -0.625. The van der Waals surface area contributed by atoms with E-state index in [-0.39, 0.29) is 16.7 Å². The van der Waals surface area contributed by atoms with Crippen LogP contribution >= 0.6 is 11.8 Å². The summed E-state index contributed by atoms with van der Waals surface area (Å²) in [4.78, 5) is 23.1. The SMILES string of the molecule is CCOc1cc(C=N/N=C2/NC(=O)/C(=C\C(=O)OC)S2)ccc1OCC#N. The molecule has 1 fully saturated rings. The lowest BCUT2D eigenvalue weighted by Gasteiger charge is -2.10. The number of amidine groups is 1. The molecule has 1 aromatic rings. The number of carbonyl (C=O) groups is 2. The molecule has 1 amide bonds. The molecule has 0 aliphatic carbocycles. The highest BCUT2D eigenvalue weighted by molar-refractivity contribution is 8.18. The highest BCUT2D eigenvalue weighted by Gasteiger charge is 2.24. The molecule has 27 heavy (non-hydrogen) atoms. The fraction of sp³-hybridized carbons (Fsp3) is 0.235. The summed E-state index contributed by atoms with van der Waals surface area (Å²) in [6, 6.07) is 6.98. The summed E-state index contributed by atoms with van der Waals surface area (Å²) >= 11 is 0.981. The van der Waals surface area contributed by atoms with Crippen molar-refractivity contribution in [3.63, 3.8) is 0 Å². The topological polar surface area (TPSA) is 122 Å². The molecular formula is C17H16N4O5S. The van der Waals surface area contributed by atoms with Crippen molar-refractivity contribution < 1.29 is 23.8 Å². The Labute approximate surface area is 159 Å². The van der Waals surface area contributed by atoms with Crippen molar-refractivity contribution in [2.24, 2.45) is 10.2 Å². The third kappa shape index (κ3) is 5.86. The lowest BCUT2D eigenvalue weighted by Crippen LogP contribution is -2.19. The second-order valence-electron chi connectivity index (χ2n) is 4.82. The van der Waals surface area contributed by atoms with Crippen LogP contribution in [0.15, 0.2) is 39.4 Å². The predicted molar refractivity (Wildman–Crippen MR) is 99.6 cm³/mol. The minimum absolute atomic E-state index is 0.0838. The quantitative estimate of drug-likeness (QED) is 0.326. The van der Waals surface area contributed by atoms with Crippen LogP contribution in [-0.4, -0.2) is 43.6 Å². The first kappa shape index (κ1) is 20.0. The molecule has 1 N–H and O–H groups in total. The fourth-order valence-electron chi connectivity index (χ4n) is 1.89. The van der Waals surface area contributed by atoms with Gasteiger partial charge in [0.25, 0.3) is 5.91 Å². The molecule has 140 valence electrons. The third-order valence-corrected chi connectivity index (χ3v) is 3.92. The number of nitrogens with zero attached hydrogens (tertiary/aromatic N) is 3. The third-order valence-electron chi connectivity index (χ3n) is 3.02. The number of amides is 1. The molecule has 0 atom stereocenters. The van der Waals surface area contributed by atoms with Gasteiger partial charge in [0.15, 0.2) is 23.3 Å². The summed E-state index contributed by atoms with van der Waals surface area (Å²) in [5, 5.41) is 19.2. The molecule has 0 unspecified atom stereocenters. The smallest absolute Gasteiger partial charge is 0.331 e. The first-order valence-electron chi connectivity index (χ1n) is 7.73. The zero-order chi connectivity index (χ0) is 19.6. The highest BCUT2D eigenvalue weighted by atomic mass is 32.2. The van der Waals surface area contributed by atoms with Crippen LogP contribution in [0.25, 0.3) is 0 Å². The van der Waals surface area contributed by atoms with E-state index in [0.29, 0.717) is 23.7 Å². The first-order chi connectivity index (χ1) is 13.1. The standard InChI is InChI=1S/C17H16N4O5S/c1-3-25-13-8-11(4-5-12(13)26-7-6-18)10-19-21-17-20-16(23)14(27-17)9-15(22)24-2/h4-5,8-10H,3,7H2,1-2H3,(H,20,21,23)/b14-9+,19-10?. The molecule has 0 aromatic heterocycles. The normalized spacial score (nSPS) is 16.4. The molecule has 2 rings (SSSR count). The number of hydrogen-bond donors (Lipinski definition) is 1. The maximum Gasteiger partial charge on any atom is 0.331 e. The number of ether oxygens (including phenoxy) is 3. The molecule has 1 aliphatic rings. The summed E-state index contributed by atoms with van der Waals surface area (Å²) in [6.07, 6.45) is 2.55. The number of methoxy groups -OCH3 is 1. The van der Waals surface area contributed by atoms with E-state index in [0.717, 1.165) is 17.8 Å². The van der Waals surface area contributed by atoms with Crippen LogP contribution in [0.5, 0.6) is 11.5 Å². The van der Waals surface area contributed by atoms with Crippen molar-refractivity contribution in [2.45, 2.75) is 6.92 Å². The van der Waals surface area contributed by atoms with E-state index in [1.54, 1.807) is 18.2 Å². The Morgan fingerprint density at radius 1 is 1.37 bits per heavy atom. The Bertz CT molecular complexity index is 857. The predicted octanol–water partition coefficient (Wildman–Crippen LogP) is 1.60. The number of thioether (sulfide) groups is 1. The number of nitriles is 1. The van der Waals surface area contributed by atoms with Crippen LogP contribution in [0.1, 0.15) is 12.5 Å². The van der Waals surface area contributed by atoms with Gasteiger partial charge < -0.3 is 14.2 Å². The lowest BCUT2D eigenvalue weighted by atomic mass is 10.2. The van der Waals surface area contributed by atoms with Crippen LogP contribution in [-0.2, 0) is 14.3 Å². The molecule has 1 aromatic carbocycles. The second kappa shape index (κ2) is 9.98. The van der Waals surface area contributed by atoms with Crippen LogP contribution in [0.2, 0.25) is 0 Å². The van der Waals surface area contributed by atoms with E-state index < -0.39 is 11.9 Å². The summed E-state index contributed by atoms with van der Waals surface area (Å²) < 4.78 is 15.3. The number of rotatable bonds is 7. The Hall–Kier alpha value is -3.32. The van der Waals surface area contributed by atoms with Gasteiger partial charge in [-0.2, -0.15) is 10.4 Å². The van der Waals surface area contributed by atoms with Crippen LogP contribution in [0.3, 0.4) is 0 Å². The van der Waals surface area contributed by atoms with Gasteiger partial charge in [0.05, 0.1) is 24.8 Å². The summed E-state index contributed by atoms with van der Waals surface area (Å²) in [5.74, 6) is -0.134. The summed E-state index contributed by atoms with van der Waals surface area (Å²) in [6.45, 7) is 2.18. The monoisotopic (exact) mass is 388 g/mol. The number of carbonyl (C=O) groups excluding carboxylic acids is 2. The summed E-state index contributed by atoms with van der Waals surface area (Å²) in [7, 11) is 1.23. The molecule has 0 spiro atoms. The highest BCUT2D eigenvalue weighted by Crippen LogP contribution is 2.28. The van der Waals surface area contributed by atoms with Gasteiger partial charge in [0.1, 0.15) is 6.07 Å². The van der Waals surface area contributed by atoms with Crippen LogP contribution < -0.4 is 14.8 Å². The van der Waals surface area contributed by atoms with Gasteiger partial charge in [0, 0.05) is 6.08 Å². The second-order valence-corrected chi connectivity index (χ2v) is 5.85. The van der Waals surface area contributed by atoms with E-state index in [9.17, 15) is 9.59 Å². The van der Waals surface area contributed by atoms with Gasteiger partial charge in [0.2, 0.25) is 0 Å². The maximum atomic E-state index is 11.7. The van der Waals surface area contributed by atoms with E-state index in [4.69, 9.17) is 14.7 Å². The van der Waals surface area contributed by atoms with Gasteiger partial charge in [-0.1, -0.05) is 0 Å². The summed E-state index contributed by atoms with van der Waals surface area (Å²) in [5.41, 5.74) is 0.687. The zero-order valence-electron chi connectivity index (χ0n) is 14.6. The van der Waals surface area contributed by atoms with Crippen molar-refractivity contribution in [3.8, 4) is 17.6 Å². The largest absolute Gasteiger partial charge is 0.490 e. The van der Waals surface area contributed by atoms with E-state index in [1.807, 2.05) is 13.0 Å². The Morgan fingerprint density at radius 3 is 2.89 bits per heavy atom. The molecular weight excluding hydrogens is 372 g/mol. The van der Waals surface area contributed by atoms with Crippen molar-refractivity contribution in [1.29, 1.82) is 5.26 Å². The number of benzene rings is 1. The van der Waals surface area contributed by atoms with Crippen molar-refractivity contribution in [1.82, 2.24) is 5.32 Å². The van der Waals surface area contributed by atoms with Crippen LogP contribution in [0.4, 0.5) is 0 Å². The Morgan fingerprint density at radius 2 is 2.19 bits per heavy atom. The van der Waals surface area contributed by atoms with Gasteiger partial charge in [-0.3, -0.25) is 10.1 Å². The zero-order valence-corrected chi connectivity index (χ0v) is 15.4. The molecule has 1 aliphatic heterocycles. The van der Waals surface area contributed by atoms with Crippen molar-refractivity contribution in [3.05, 3.63) is 34.7 Å². The van der Waals surface area contributed by atoms with Crippen molar-refractivity contribution in [2.75, 3.05) is 20.3 Å². The Kier molecular flexibility index (Phi) is 7.39. The van der Waals surface area contributed by atoms with E-state index in [1.165, 1.54) is 13.3 Å². The molecule has 1 saturated heterocycles. The van der Waals surface area contributed by atoms with Gasteiger partial charge >= 0.3 is 5.97 Å². The van der Waals surface area contributed by atoms with E-state index >= 15 is 0 Å². The average molecular weight is 388 g/mol. The van der Waals surface area contributed by atoms with Gasteiger partial charge in [-0.05, 0) is 42.4 Å². The molecule has 1 heterocycles. The molecule has 0 bridgehead atoms. The van der Waals surface area contributed by atoms with Gasteiger partial charge in [-0.15, -0.1) is 5.10 Å². The first-order valence-corrected chi connectivity index (χ1v) is 8.55. The maximum absolute atomic E-state index is 11.7. The minimum Gasteiger partial charge on any atom is -0.490 e. The number of esters is 1. The molecule has 10 heteroatoms. The van der Waals surface area contributed by atoms with E-state index in [2.05, 4.69) is 20.3 Å². The molecule has 0 saturated carbocycles. The average Bonchev–Trinajstić information content (AvgIpc) is 3.00.